The van der Waals surface area contributed by atoms with Gasteiger partial charge in [0.15, 0.2) is 0 Å². The second-order valence-corrected chi connectivity index (χ2v) is 2.77. The van der Waals surface area contributed by atoms with E-state index in [9.17, 15) is 0 Å². The summed E-state index contributed by atoms with van der Waals surface area (Å²) in [6.45, 7) is 3.87. The fourth-order valence-corrected chi connectivity index (χ4v) is 0.753. The third-order valence-corrected chi connectivity index (χ3v) is 1.28. The molecule has 0 atom stereocenters. The van der Waals surface area contributed by atoms with Gasteiger partial charge in [-0.25, -0.2) is 0 Å². The number of thiocarbonyl (C=S) groups is 1. The Balaban J connectivity index is 4.11. The third kappa shape index (κ3) is 3.69. The van der Waals surface area contributed by atoms with E-state index in [1.54, 1.807) is 4.90 Å². The van der Waals surface area contributed by atoms with Crippen LogP contribution in [-0.2, 0) is 0 Å². The van der Waals surface area contributed by atoms with Crippen molar-refractivity contribution in [2.75, 3.05) is 0 Å². The summed E-state index contributed by atoms with van der Waals surface area (Å²) in [5.41, 5.74) is 0. The highest BCUT2D eigenvalue weighted by atomic mass is 32.1. The molecule has 0 radical (unpaired) electrons. The number of nitrogens with zero attached hydrogens (tertiary/aromatic N) is 1. The van der Waals surface area contributed by atoms with Gasteiger partial charge >= 0.3 is 0 Å². The lowest BCUT2D eigenvalue weighted by molar-refractivity contribution is 0.787. The summed E-state index contributed by atoms with van der Waals surface area (Å²) in [7, 11) is 0. The zero-order chi connectivity index (χ0) is 7.98. The highest BCUT2D eigenvalue weighted by Crippen LogP contribution is 1.98. The first-order valence-corrected chi connectivity index (χ1v) is 3.84. The highest BCUT2D eigenvalue weighted by molar-refractivity contribution is 8.10. The molecule has 0 rings (SSSR count). The van der Waals surface area contributed by atoms with Crippen molar-refractivity contribution >= 4 is 29.2 Å². The molecule has 0 aliphatic heterocycles. The van der Waals surface area contributed by atoms with Crippen molar-refractivity contribution in [1.82, 2.24) is 4.90 Å². The van der Waals surface area contributed by atoms with Crippen LogP contribution in [-0.4, -0.2) is 9.22 Å². The lowest BCUT2D eigenvalue weighted by atomic mass is 10.6. The molecule has 0 aliphatic rings. The van der Waals surface area contributed by atoms with Crippen molar-refractivity contribution in [3.8, 4) is 0 Å². The first-order chi connectivity index (χ1) is 4.72. The van der Waals surface area contributed by atoms with Gasteiger partial charge in [-0.05, 0) is 13.8 Å². The fourth-order valence-electron chi connectivity index (χ4n) is 0.498. The number of rotatable bonds is 2. The van der Waals surface area contributed by atoms with Gasteiger partial charge in [-0.15, -0.1) is 12.6 Å². The molecule has 0 saturated carbocycles. The lowest BCUT2D eigenvalue weighted by Crippen LogP contribution is -2.10. The van der Waals surface area contributed by atoms with Crippen LogP contribution in [0.1, 0.15) is 13.8 Å². The van der Waals surface area contributed by atoms with Crippen LogP contribution in [0.4, 0.5) is 0 Å². The topological polar surface area (TPSA) is 3.24 Å². The maximum Gasteiger partial charge on any atom is 0.141 e. The molecule has 3 heteroatoms. The van der Waals surface area contributed by atoms with Gasteiger partial charge in [0.05, 0.1) is 0 Å². The molecule has 0 aromatic rings. The zero-order valence-electron chi connectivity index (χ0n) is 6.11. The molecule has 0 heterocycles. The number of hydrogen-bond donors (Lipinski definition) is 1. The second kappa shape index (κ2) is 5.50. The molecule has 0 unspecified atom stereocenters. The van der Waals surface area contributed by atoms with Crippen molar-refractivity contribution < 1.29 is 0 Å². The Bertz CT molecular complexity index is 149. The molecule has 0 aromatic carbocycles. The average molecular weight is 173 g/mol. The SMILES string of the molecule is CC=CN(C=CC)C(=S)S. The maximum atomic E-state index is 4.84. The standard InChI is InChI=1S/C7H11NS2/c1-3-5-8(6-4-2)7(9)10/h3-6H,1-2H3,(H,9,10). The maximum absolute atomic E-state index is 4.84. The Labute approximate surface area is 72.8 Å². The van der Waals surface area contributed by atoms with Crippen LogP contribution in [0.2, 0.25) is 0 Å². The van der Waals surface area contributed by atoms with Crippen LogP contribution in [0.25, 0.3) is 0 Å². The van der Waals surface area contributed by atoms with Gasteiger partial charge in [0, 0.05) is 12.4 Å². The van der Waals surface area contributed by atoms with Gasteiger partial charge < -0.3 is 4.90 Å². The van der Waals surface area contributed by atoms with E-state index in [0.717, 1.165) is 0 Å². The largest absolute Gasteiger partial charge is 0.310 e. The molecule has 0 bridgehead atoms. The molecule has 0 saturated heterocycles. The number of thiol groups is 1. The van der Waals surface area contributed by atoms with E-state index in [4.69, 9.17) is 12.2 Å². The van der Waals surface area contributed by atoms with Crippen LogP contribution < -0.4 is 0 Å². The molecule has 0 aliphatic carbocycles. The minimum atomic E-state index is 0.552. The lowest BCUT2D eigenvalue weighted by Gasteiger charge is -2.10. The minimum absolute atomic E-state index is 0.552. The van der Waals surface area contributed by atoms with E-state index in [-0.39, 0.29) is 0 Å². The summed E-state index contributed by atoms with van der Waals surface area (Å²) < 4.78 is 0.552. The van der Waals surface area contributed by atoms with E-state index in [1.807, 2.05) is 38.4 Å². The van der Waals surface area contributed by atoms with Crippen LogP contribution in [0.5, 0.6) is 0 Å². The van der Waals surface area contributed by atoms with Gasteiger partial charge in [-0.3, -0.25) is 0 Å². The summed E-state index contributed by atoms with van der Waals surface area (Å²) >= 11 is 8.85. The van der Waals surface area contributed by atoms with Crippen molar-refractivity contribution in [1.29, 1.82) is 0 Å². The van der Waals surface area contributed by atoms with E-state index < -0.39 is 0 Å². The smallest absolute Gasteiger partial charge is 0.141 e. The molecule has 56 valence electrons. The molecule has 1 nitrogen and oxygen atoms in total. The quantitative estimate of drug-likeness (QED) is 0.505. The minimum Gasteiger partial charge on any atom is -0.310 e. The number of allylic oxidation sites excluding steroid dienone is 2. The first kappa shape index (κ1) is 9.72. The Hall–Kier alpha value is -0.280. The Morgan fingerprint density at radius 3 is 1.90 bits per heavy atom. The van der Waals surface area contributed by atoms with E-state index >= 15 is 0 Å². The molecule has 0 spiro atoms. The predicted octanol–water partition coefficient (Wildman–Crippen LogP) is 2.57. The van der Waals surface area contributed by atoms with Crippen molar-refractivity contribution in [2.45, 2.75) is 13.8 Å². The third-order valence-electron chi connectivity index (χ3n) is 0.840. The normalized spacial score (nSPS) is 11.1. The molecular formula is C7H11NS2. The van der Waals surface area contributed by atoms with Crippen LogP contribution in [0.3, 0.4) is 0 Å². The summed E-state index contributed by atoms with van der Waals surface area (Å²) in [6.07, 6.45) is 7.52. The Morgan fingerprint density at radius 2 is 1.70 bits per heavy atom. The summed E-state index contributed by atoms with van der Waals surface area (Å²) in [6, 6.07) is 0. The van der Waals surface area contributed by atoms with Crippen LogP contribution in [0, 0.1) is 0 Å². The van der Waals surface area contributed by atoms with E-state index in [0.29, 0.717) is 4.32 Å². The predicted molar refractivity (Wildman–Crippen MR) is 53.1 cm³/mol. The molecule has 0 amide bonds. The first-order valence-electron chi connectivity index (χ1n) is 2.99. The van der Waals surface area contributed by atoms with Crippen molar-refractivity contribution in [3.63, 3.8) is 0 Å². The average Bonchev–Trinajstić information content (AvgIpc) is 1.87. The van der Waals surface area contributed by atoms with Gasteiger partial charge in [0.2, 0.25) is 0 Å². The fraction of sp³-hybridized carbons (Fsp3) is 0.286. The monoisotopic (exact) mass is 173 g/mol. The van der Waals surface area contributed by atoms with Gasteiger partial charge in [0.25, 0.3) is 0 Å². The summed E-state index contributed by atoms with van der Waals surface area (Å²) in [5, 5.41) is 0. The van der Waals surface area contributed by atoms with Gasteiger partial charge in [0.1, 0.15) is 4.32 Å². The van der Waals surface area contributed by atoms with Crippen molar-refractivity contribution in [3.05, 3.63) is 24.6 Å². The van der Waals surface area contributed by atoms with Crippen LogP contribution in [0.15, 0.2) is 24.6 Å². The summed E-state index contributed by atoms with van der Waals surface area (Å²) in [4.78, 5) is 1.76. The second-order valence-electron chi connectivity index (χ2n) is 1.65. The molecule has 0 aromatic heterocycles. The highest BCUT2D eigenvalue weighted by Gasteiger charge is 1.93. The number of hydrogen-bond acceptors (Lipinski definition) is 1. The molecule has 0 N–H and O–H groups in total. The molecular weight excluding hydrogens is 162 g/mol. The Morgan fingerprint density at radius 1 is 1.30 bits per heavy atom. The zero-order valence-corrected chi connectivity index (χ0v) is 7.82. The van der Waals surface area contributed by atoms with Crippen molar-refractivity contribution in [2.24, 2.45) is 0 Å². The Kier molecular flexibility index (Phi) is 5.35. The van der Waals surface area contributed by atoms with Crippen LogP contribution >= 0.6 is 24.8 Å². The van der Waals surface area contributed by atoms with Gasteiger partial charge in [-0.1, -0.05) is 24.4 Å². The molecule has 10 heavy (non-hydrogen) atoms. The summed E-state index contributed by atoms with van der Waals surface area (Å²) in [5.74, 6) is 0. The van der Waals surface area contributed by atoms with E-state index in [2.05, 4.69) is 12.6 Å². The molecule has 0 fully saturated rings. The van der Waals surface area contributed by atoms with E-state index in [1.165, 1.54) is 0 Å². The van der Waals surface area contributed by atoms with Gasteiger partial charge in [-0.2, -0.15) is 0 Å².